The Labute approximate surface area is 118 Å². The molecule has 0 radical (unpaired) electrons. The lowest BCUT2D eigenvalue weighted by molar-refractivity contribution is 0.418. The van der Waals surface area contributed by atoms with Crippen molar-refractivity contribution >= 4 is 22.0 Å². The smallest absolute Gasteiger partial charge is 0.177 e. The summed E-state index contributed by atoms with van der Waals surface area (Å²) in [4.78, 5) is 2.89. The number of nitrogens with zero attached hydrogens (tertiary/aromatic N) is 2. The highest BCUT2D eigenvalue weighted by Crippen LogP contribution is 2.45. The lowest BCUT2D eigenvalue weighted by Gasteiger charge is -2.22. The molecular formula is C14H21N3OS. The molecule has 0 bridgehead atoms. The number of methoxy groups -OCH3 is 1. The normalized spacial score (nSPS) is 19.8. The minimum atomic E-state index is 0.487. The average molecular weight is 279 g/mol. The zero-order valence-electron chi connectivity index (χ0n) is 11.6. The Morgan fingerprint density at radius 2 is 2.26 bits per heavy atom. The molecule has 1 aromatic heterocycles. The van der Waals surface area contributed by atoms with Gasteiger partial charge in [-0.25, -0.2) is 0 Å². The summed E-state index contributed by atoms with van der Waals surface area (Å²) in [5.74, 6) is 1.50. The van der Waals surface area contributed by atoms with E-state index in [1.165, 1.54) is 37.0 Å². The lowest BCUT2D eigenvalue weighted by atomic mass is 9.98. The average Bonchev–Trinajstić information content (AvgIpc) is 2.62. The third-order valence-electron chi connectivity index (χ3n) is 3.90. The zero-order valence-corrected chi connectivity index (χ0v) is 12.4. The number of hydrogen-bond donors (Lipinski definition) is 1. The molecule has 1 aromatic rings. The molecule has 1 unspecified atom stereocenters. The van der Waals surface area contributed by atoms with E-state index in [4.69, 9.17) is 15.7 Å². The maximum absolute atomic E-state index is 9.09. The maximum Gasteiger partial charge on any atom is 0.177 e. The van der Waals surface area contributed by atoms with Gasteiger partial charge in [0.1, 0.15) is 21.6 Å². The van der Waals surface area contributed by atoms with Crippen LogP contribution in [-0.4, -0.2) is 20.2 Å². The first-order valence-corrected chi connectivity index (χ1v) is 7.64. The van der Waals surface area contributed by atoms with Crippen molar-refractivity contribution < 1.29 is 4.74 Å². The molecule has 104 valence electrons. The fourth-order valence-corrected chi connectivity index (χ4v) is 3.72. The van der Waals surface area contributed by atoms with E-state index >= 15 is 0 Å². The second-order valence-corrected chi connectivity index (χ2v) is 5.99. The molecule has 1 saturated heterocycles. The van der Waals surface area contributed by atoms with Gasteiger partial charge in [0.25, 0.3) is 0 Å². The Kier molecular flexibility index (Phi) is 4.54. The Balaban J connectivity index is 2.24. The number of thiophene rings is 1. The van der Waals surface area contributed by atoms with Crippen molar-refractivity contribution in [2.24, 2.45) is 5.92 Å². The van der Waals surface area contributed by atoms with Crippen molar-refractivity contribution in [2.75, 3.05) is 30.8 Å². The van der Waals surface area contributed by atoms with Gasteiger partial charge in [0.15, 0.2) is 5.75 Å². The second-order valence-electron chi connectivity index (χ2n) is 4.99. The third kappa shape index (κ3) is 2.79. The SMILES string of the molecule is CCC1CCCN(c2sc(C#N)c(N)c2OC)CC1. The van der Waals surface area contributed by atoms with E-state index in [2.05, 4.69) is 17.9 Å². The molecule has 0 aromatic carbocycles. The first-order chi connectivity index (χ1) is 9.21. The minimum absolute atomic E-state index is 0.487. The number of hydrogen-bond acceptors (Lipinski definition) is 5. The summed E-state index contributed by atoms with van der Waals surface area (Å²) in [6.07, 6.45) is 4.95. The number of nitrogens with two attached hydrogens (primary N) is 1. The van der Waals surface area contributed by atoms with E-state index in [1.54, 1.807) is 7.11 Å². The zero-order chi connectivity index (χ0) is 13.8. The van der Waals surface area contributed by atoms with Gasteiger partial charge in [-0.1, -0.05) is 13.3 Å². The van der Waals surface area contributed by atoms with Crippen LogP contribution in [0.2, 0.25) is 0 Å². The quantitative estimate of drug-likeness (QED) is 0.922. The van der Waals surface area contributed by atoms with Crippen molar-refractivity contribution in [3.8, 4) is 11.8 Å². The van der Waals surface area contributed by atoms with Crippen LogP contribution in [0.15, 0.2) is 0 Å². The highest BCUT2D eigenvalue weighted by atomic mass is 32.1. The van der Waals surface area contributed by atoms with E-state index in [0.29, 0.717) is 16.3 Å². The molecule has 1 fully saturated rings. The largest absolute Gasteiger partial charge is 0.492 e. The van der Waals surface area contributed by atoms with Gasteiger partial charge < -0.3 is 15.4 Å². The van der Waals surface area contributed by atoms with Crippen molar-refractivity contribution in [3.63, 3.8) is 0 Å². The van der Waals surface area contributed by atoms with Gasteiger partial charge in [-0.15, -0.1) is 11.3 Å². The van der Waals surface area contributed by atoms with Gasteiger partial charge in [-0.2, -0.15) is 5.26 Å². The van der Waals surface area contributed by atoms with Crippen molar-refractivity contribution in [1.29, 1.82) is 5.26 Å². The molecule has 1 atom stereocenters. The van der Waals surface area contributed by atoms with E-state index in [0.717, 1.165) is 24.0 Å². The van der Waals surface area contributed by atoms with E-state index in [9.17, 15) is 0 Å². The van der Waals surface area contributed by atoms with Crippen LogP contribution in [0, 0.1) is 17.2 Å². The summed E-state index contributed by atoms with van der Waals surface area (Å²) < 4.78 is 5.40. The summed E-state index contributed by atoms with van der Waals surface area (Å²) in [7, 11) is 1.62. The minimum Gasteiger partial charge on any atom is -0.492 e. The summed E-state index contributed by atoms with van der Waals surface area (Å²) in [6.45, 7) is 4.31. The molecule has 2 heterocycles. The van der Waals surface area contributed by atoms with Crippen LogP contribution < -0.4 is 15.4 Å². The Hall–Kier alpha value is -1.41. The van der Waals surface area contributed by atoms with E-state index in [-0.39, 0.29) is 0 Å². The van der Waals surface area contributed by atoms with Gasteiger partial charge in [0.2, 0.25) is 0 Å². The van der Waals surface area contributed by atoms with Crippen LogP contribution in [0.3, 0.4) is 0 Å². The van der Waals surface area contributed by atoms with Crippen LogP contribution in [0.5, 0.6) is 5.75 Å². The highest BCUT2D eigenvalue weighted by molar-refractivity contribution is 7.17. The number of nitriles is 1. The van der Waals surface area contributed by atoms with Crippen LogP contribution in [-0.2, 0) is 0 Å². The van der Waals surface area contributed by atoms with Crippen molar-refractivity contribution in [3.05, 3.63) is 4.88 Å². The van der Waals surface area contributed by atoms with Crippen LogP contribution in [0.25, 0.3) is 0 Å². The van der Waals surface area contributed by atoms with Gasteiger partial charge in [0, 0.05) is 13.1 Å². The standard InChI is InChI=1S/C14H21N3OS/c1-3-10-5-4-7-17(8-6-10)14-13(18-2)12(16)11(9-15)19-14/h10H,3-8,16H2,1-2H3. The van der Waals surface area contributed by atoms with Crippen LogP contribution in [0.1, 0.15) is 37.5 Å². The summed E-state index contributed by atoms with van der Waals surface area (Å²) in [5, 5.41) is 10.1. The predicted octanol–water partition coefficient (Wildman–Crippen LogP) is 3.23. The number of ether oxygens (including phenoxy) is 1. The van der Waals surface area contributed by atoms with Crippen LogP contribution in [0.4, 0.5) is 10.7 Å². The van der Waals surface area contributed by atoms with Crippen molar-refractivity contribution in [2.45, 2.75) is 32.6 Å². The maximum atomic E-state index is 9.09. The lowest BCUT2D eigenvalue weighted by Crippen LogP contribution is -2.23. The molecule has 0 saturated carbocycles. The molecule has 0 spiro atoms. The summed E-state index contributed by atoms with van der Waals surface area (Å²) >= 11 is 1.45. The molecule has 5 heteroatoms. The highest BCUT2D eigenvalue weighted by Gasteiger charge is 2.24. The third-order valence-corrected chi connectivity index (χ3v) is 5.05. The molecule has 2 N–H and O–H groups in total. The van der Waals surface area contributed by atoms with Crippen molar-refractivity contribution in [1.82, 2.24) is 0 Å². The molecule has 2 rings (SSSR count). The van der Waals surface area contributed by atoms with Gasteiger partial charge in [-0.3, -0.25) is 0 Å². The fraction of sp³-hybridized carbons (Fsp3) is 0.643. The van der Waals surface area contributed by atoms with E-state index in [1.807, 2.05) is 0 Å². The van der Waals surface area contributed by atoms with Gasteiger partial charge >= 0.3 is 0 Å². The molecule has 1 aliphatic heterocycles. The predicted molar refractivity (Wildman–Crippen MR) is 79.8 cm³/mol. The molecule has 19 heavy (non-hydrogen) atoms. The monoisotopic (exact) mass is 279 g/mol. The topological polar surface area (TPSA) is 62.3 Å². The van der Waals surface area contributed by atoms with Gasteiger partial charge in [-0.05, 0) is 25.2 Å². The molecule has 4 nitrogen and oxygen atoms in total. The number of anilines is 2. The van der Waals surface area contributed by atoms with E-state index < -0.39 is 0 Å². The first kappa shape index (κ1) is 14.0. The fourth-order valence-electron chi connectivity index (χ4n) is 2.68. The molecule has 1 aliphatic rings. The molecular weight excluding hydrogens is 258 g/mol. The summed E-state index contributed by atoms with van der Waals surface area (Å²) in [5.41, 5.74) is 6.45. The van der Waals surface area contributed by atoms with Gasteiger partial charge in [0.05, 0.1) is 7.11 Å². The first-order valence-electron chi connectivity index (χ1n) is 6.82. The Morgan fingerprint density at radius 3 is 2.89 bits per heavy atom. The Bertz CT molecular complexity index is 478. The second kappa shape index (κ2) is 6.16. The number of rotatable bonds is 3. The molecule has 0 aliphatic carbocycles. The number of nitrogen functional groups attached to an aromatic ring is 1. The Morgan fingerprint density at radius 1 is 1.47 bits per heavy atom. The molecule has 0 amide bonds. The summed E-state index contributed by atoms with van der Waals surface area (Å²) in [6, 6.07) is 2.15. The van der Waals surface area contributed by atoms with Crippen LogP contribution >= 0.6 is 11.3 Å².